The molecule has 0 bridgehead atoms. The summed E-state index contributed by atoms with van der Waals surface area (Å²) in [6.45, 7) is 2.96. The van der Waals surface area contributed by atoms with Gasteiger partial charge >= 0.3 is 11.9 Å². The smallest absolute Gasteiger partial charge is 0.349 e. The van der Waals surface area contributed by atoms with Crippen molar-refractivity contribution in [2.45, 2.75) is 20.0 Å². The number of carboxylic acid groups (broad SMARTS) is 1. The Balaban J connectivity index is 2.80. The SMILES string of the molecule is CC(C)OC(=O)/C(C#N)=C/c1ccc(OCC(=O)O)cc1. The zero-order chi connectivity index (χ0) is 15.8. The zero-order valence-electron chi connectivity index (χ0n) is 11.7. The minimum Gasteiger partial charge on any atom is -0.482 e. The molecule has 0 saturated carbocycles. The molecule has 0 aliphatic carbocycles. The Morgan fingerprint density at radius 2 is 1.95 bits per heavy atom. The molecule has 1 N–H and O–H groups in total. The fourth-order valence-electron chi connectivity index (χ4n) is 1.39. The van der Waals surface area contributed by atoms with E-state index in [0.717, 1.165) is 0 Å². The lowest BCUT2D eigenvalue weighted by Gasteiger charge is -2.07. The maximum atomic E-state index is 11.6. The lowest BCUT2D eigenvalue weighted by Crippen LogP contribution is -2.12. The van der Waals surface area contributed by atoms with Gasteiger partial charge in [0.1, 0.15) is 17.4 Å². The van der Waals surface area contributed by atoms with E-state index >= 15 is 0 Å². The third-order valence-electron chi connectivity index (χ3n) is 2.24. The first-order valence-corrected chi connectivity index (χ1v) is 6.20. The predicted molar refractivity (Wildman–Crippen MR) is 74.4 cm³/mol. The average molecular weight is 289 g/mol. The van der Waals surface area contributed by atoms with Crippen molar-refractivity contribution in [1.29, 1.82) is 5.26 Å². The van der Waals surface area contributed by atoms with Crippen molar-refractivity contribution in [2.75, 3.05) is 6.61 Å². The van der Waals surface area contributed by atoms with Gasteiger partial charge in [-0.05, 0) is 37.6 Å². The second-order valence-electron chi connectivity index (χ2n) is 4.38. The van der Waals surface area contributed by atoms with Crippen molar-refractivity contribution in [3.05, 3.63) is 35.4 Å². The van der Waals surface area contributed by atoms with Crippen LogP contribution in [0.4, 0.5) is 0 Å². The number of esters is 1. The van der Waals surface area contributed by atoms with Crippen LogP contribution in [0, 0.1) is 11.3 Å². The Kier molecular flexibility index (Phi) is 5.96. The van der Waals surface area contributed by atoms with Crippen LogP contribution >= 0.6 is 0 Å². The minimum absolute atomic E-state index is 0.108. The first-order valence-electron chi connectivity index (χ1n) is 6.20. The van der Waals surface area contributed by atoms with Crippen LogP contribution < -0.4 is 4.74 Å². The summed E-state index contributed by atoms with van der Waals surface area (Å²) in [6.07, 6.45) is 1.09. The van der Waals surface area contributed by atoms with Gasteiger partial charge in [0.25, 0.3) is 0 Å². The summed E-state index contributed by atoms with van der Waals surface area (Å²) in [4.78, 5) is 22.0. The third-order valence-corrected chi connectivity index (χ3v) is 2.24. The second-order valence-corrected chi connectivity index (χ2v) is 4.38. The molecule has 0 aliphatic heterocycles. The van der Waals surface area contributed by atoms with Crippen molar-refractivity contribution in [3.8, 4) is 11.8 Å². The Bertz CT molecular complexity index is 581. The molecule has 0 atom stereocenters. The molecule has 0 aromatic heterocycles. The van der Waals surface area contributed by atoms with Gasteiger partial charge in [0, 0.05) is 0 Å². The largest absolute Gasteiger partial charge is 0.482 e. The Labute approximate surface area is 122 Å². The van der Waals surface area contributed by atoms with Crippen molar-refractivity contribution >= 4 is 18.0 Å². The molecule has 6 heteroatoms. The molecule has 1 rings (SSSR count). The standard InChI is InChI=1S/C15H15NO5/c1-10(2)21-15(19)12(8-16)7-11-3-5-13(6-4-11)20-9-14(17)18/h3-7,10H,9H2,1-2H3,(H,17,18)/b12-7+. The van der Waals surface area contributed by atoms with E-state index in [9.17, 15) is 9.59 Å². The van der Waals surface area contributed by atoms with Gasteiger partial charge in [-0.2, -0.15) is 5.26 Å². The highest BCUT2D eigenvalue weighted by molar-refractivity contribution is 5.97. The van der Waals surface area contributed by atoms with E-state index in [1.165, 1.54) is 6.08 Å². The number of nitriles is 1. The molecule has 0 spiro atoms. The molecule has 0 saturated heterocycles. The number of hydrogen-bond donors (Lipinski definition) is 1. The van der Waals surface area contributed by atoms with E-state index in [0.29, 0.717) is 11.3 Å². The van der Waals surface area contributed by atoms with Gasteiger partial charge in [0.2, 0.25) is 0 Å². The quantitative estimate of drug-likeness (QED) is 0.489. The Morgan fingerprint density at radius 1 is 1.33 bits per heavy atom. The van der Waals surface area contributed by atoms with E-state index < -0.39 is 18.5 Å². The average Bonchev–Trinajstić information content (AvgIpc) is 2.42. The van der Waals surface area contributed by atoms with Crippen molar-refractivity contribution in [1.82, 2.24) is 0 Å². The second kappa shape index (κ2) is 7.70. The number of aliphatic carboxylic acids is 1. The first-order chi connectivity index (χ1) is 9.92. The van der Waals surface area contributed by atoms with Crippen LogP contribution in [0.3, 0.4) is 0 Å². The van der Waals surface area contributed by atoms with Crippen LogP contribution in [-0.2, 0) is 14.3 Å². The summed E-state index contributed by atoms with van der Waals surface area (Å²) in [5.74, 6) is -1.36. The van der Waals surface area contributed by atoms with Crippen LogP contribution in [0.2, 0.25) is 0 Å². The third kappa shape index (κ3) is 5.78. The van der Waals surface area contributed by atoms with Gasteiger partial charge < -0.3 is 14.6 Å². The van der Waals surface area contributed by atoms with Crippen molar-refractivity contribution < 1.29 is 24.2 Å². The summed E-state index contributed by atoms with van der Waals surface area (Å²) in [5, 5.41) is 17.5. The van der Waals surface area contributed by atoms with E-state index in [4.69, 9.17) is 19.8 Å². The molecule has 0 aliphatic rings. The summed E-state index contributed by atoms with van der Waals surface area (Å²) >= 11 is 0. The number of ether oxygens (including phenoxy) is 2. The fourth-order valence-corrected chi connectivity index (χ4v) is 1.39. The molecule has 1 aromatic carbocycles. The topological polar surface area (TPSA) is 96.6 Å². The van der Waals surface area contributed by atoms with Crippen molar-refractivity contribution in [3.63, 3.8) is 0 Å². The molecular weight excluding hydrogens is 274 g/mol. The molecule has 21 heavy (non-hydrogen) atoms. The number of carbonyl (C=O) groups is 2. The number of hydrogen-bond acceptors (Lipinski definition) is 5. The predicted octanol–water partition coefficient (Wildman–Crippen LogP) is 2.01. The number of benzene rings is 1. The van der Waals surface area contributed by atoms with Crippen LogP contribution in [0.1, 0.15) is 19.4 Å². The molecule has 0 unspecified atom stereocenters. The minimum atomic E-state index is -1.07. The zero-order valence-corrected chi connectivity index (χ0v) is 11.7. The van der Waals surface area contributed by atoms with E-state index in [1.807, 2.05) is 0 Å². The number of carboxylic acids is 1. The Morgan fingerprint density at radius 3 is 2.43 bits per heavy atom. The molecule has 6 nitrogen and oxygen atoms in total. The molecule has 0 amide bonds. The van der Waals surface area contributed by atoms with Gasteiger partial charge in [0.15, 0.2) is 6.61 Å². The number of nitrogens with zero attached hydrogens (tertiary/aromatic N) is 1. The monoisotopic (exact) mass is 289 g/mol. The summed E-state index contributed by atoms with van der Waals surface area (Å²) in [6, 6.07) is 8.11. The van der Waals surface area contributed by atoms with Gasteiger partial charge in [-0.25, -0.2) is 9.59 Å². The number of rotatable bonds is 6. The number of carbonyl (C=O) groups excluding carboxylic acids is 1. The van der Waals surface area contributed by atoms with E-state index in [1.54, 1.807) is 44.2 Å². The van der Waals surface area contributed by atoms with Gasteiger partial charge in [-0.1, -0.05) is 12.1 Å². The van der Waals surface area contributed by atoms with E-state index in [-0.39, 0.29) is 11.7 Å². The van der Waals surface area contributed by atoms with Crippen LogP contribution in [-0.4, -0.2) is 29.8 Å². The molecular formula is C15H15NO5. The van der Waals surface area contributed by atoms with E-state index in [2.05, 4.69) is 0 Å². The highest BCUT2D eigenvalue weighted by Gasteiger charge is 2.12. The molecule has 0 radical (unpaired) electrons. The molecule has 0 heterocycles. The summed E-state index contributed by atoms with van der Waals surface area (Å²) in [5.41, 5.74) is 0.498. The normalized spacial score (nSPS) is 10.9. The highest BCUT2D eigenvalue weighted by atomic mass is 16.5. The summed E-state index contributed by atoms with van der Waals surface area (Å²) in [7, 11) is 0. The van der Waals surface area contributed by atoms with Crippen LogP contribution in [0.15, 0.2) is 29.8 Å². The fraction of sp³-hybridized carbons (Fsp3) is 0.267. The summed E-state index contributed by atoms with van der Waals surface area (Å²) < 4.78 is 9.92. The van der Waals surface area contributed by atoms with Crippen LogP contribution in [0.25, 0.3) is 6.08 Å². The molecule has 0 fully saturated rings. The lowest BCUT2D eigenvalue weighted by atomic mass is 10.1. The Hall–Kier alpha value is -2.81. The molecule has 1 aromatic rings. The lowest BCUT2D eigenvalue weighted by molar-refractivity contribution is -0.142. The molecule has 110 valence electrons. The first kappa shape index (κ1) is 16.2. The highest BCUT2D eigenvalue weighted by Crippen LogP contribution is 2.15. The maximum absolute atomic E-state index is 11.6. The maximum Gasteiger partial charge on any atom is 0.349 e. The van der Waals surface area contributed by atoms with Gasteiger partial charge in [-0.3, -0.25) is 0 Å². The van der Waals surface area contributed by atoms with Gasteiger partial charge in [0.05, 0.1) is 6.10 Å². The van der Waals surface area contributed by atoms with Crippen LogP contribution in [0.5, 0.6) is 5.75 Å². The van der Waals surface area contributed by atoms with Crippen molar-refractivity contribution in [2.24, 2.45) is 0 Å². The van der Waals surface area contributed by atoms with Gasteiger partial charge in [-0.15, -0.1) is 0 Å².